The van der Waals surface area contributed by atoms with Crippen molar-refractivity contribution < 1.29 is 22.1 Å². The molecule has 2 aromatic carbocycles. The molecule has 0 spiro atoms. The lowest BCUT2D eigenvalue weighted by atomic mass is 9.95. The lowest BCUT2D eigenvalue weighted by Crippen LogP contribution is -2.39. The molecule has 4 rings (SSSR count). The molecule has 2 aromatic rings. The number of benzene rings is 2. The van der Waals surface area contributed by atoms with Crippen LogP contribution in [0.1, 0.15) is 24.1 Å². The molecule has 27 heavy (non-hydrogen) atoms. The Morgan fingerprint density at radius 3 is 2.74 bits per heavy atom. The van der Waals surface area contributed by atoms with E-state index in [1.54, 1.807) is 61.5 Å². The van der Waals surface area contributed by atoms with E-state index in [1.165, 1.54) is 0 Å². The van der Waals surface area contributed by atoms with Crippen LogP contribution in [-0.2, 0) is 19.8 Å². The second kappa shape index (κ2) is 6.58. The van der Waals surface area contributed by atoms with E-state index in [0.717, 1.165) is 4.31 Å². The number of hydrogen-bond acceptors (Lipinski definition) is 5. The number of esters is 1. The molecule has 0 bridgehead atoms. The van der Waals surface area contributed by atoms with Gasteiger partial charge in [0.2, 0.25) is 0 Å². The third-order valence-corrected chi connectivity index (χ3v) is 6.05. The molecule has 0 aromatic heterocycles. The Balaban J connectivity index is 1.91. The van der Waals surface area contributed by atoms with Crippen LogP contribution in [0.3, 0.4) is 0 Å². The molecule has 2 aliphatic rings. The van der Waals surface area contributed by atoms with Gasteiger partial charge in [-0.25, -0.2) is 4.31 Å². The molecule has 0 fully saturated rings. The SMILES string of the molecule is CCOC(=O)[C@@H]1C=C2c3ccccc3OS(=O)(=O)N2[C@H]1c1cccc(Cl)c1. The Morgan fingerprint density at radius 1 is 1.22 bits per heavy atom. The molecular formula is C19H16ClNO5S. The maximum atomic E-state index is 12.9. The molecule has 2 aliphatic heterocycles. The molecule has 0 saturated carbocycles. The molecule has 8 heteroatoms. The van der Waals surface area contributed by atoms with Crippen molar-refractivity contribution in [2.24, 2.45) is 5.92 Å². The first kappa shape index (κ1) is 17.9. The van der Waals surface area contributed by atoms with E-state index < -0.39 is 28.2 Å². The van der Waals surface area contributed by atoms with Crippen LogP contribution in [0.4, 0.5) is 0 Å². The number of carbonyl (C=O) groups is 1. The fourth-order valence-corrected chi connectivity index (χ4v) is 5.05. The van der Waals surface area contributed by atoms with Crippen molar-refractivity contribution in [3.63, 3.8) is 0 Å². The van der Waals surface area contributed by atoms with Crippen LogP contribution < -0.4 is 4.18 Å². The highest BCUT2D eigenvalue weighted by Gasteiger charge is 2.50. The first-order chi connectivity index (χ1) is 12.9. The highest BCUT2D eigenvalue weighted by molar-refractivity contribution is 7.85. The average Bonchev–Trinajstić information content (AvgIpc) is 3.04. The quantitative estimate of drug-likeness (QED) is 0.730. The van der Waals surface area contributed by atoms with Gasteiger partial charge in [0.25, 0.3) is 0 Å². The Bertz CT molecular complexity index is 1050. The van der Waals surface area contributed by atoms with Gasteiger partial charge in [-0.15, -0.1) is 0 Å². The van der Waals surface area contributed by atoms with Crippen LogP contribution in [-0.4, -0.2) is 25.3 Å². The molecular weight excluding hydrogens is 390 g/mol. The number of carbonyl (C=O) groups excluding carboxylic acids is 1. The fraction of sp³-hybridized carbons (Fsp3) is 0.211. The standard InChI is InChI=1S/C19H16ClNO5S/c1-2-25-19(22)15-11-16-14-8-3-4-9-17(14)26-27(23,24)21(16)18(15)12-6-5-7-13(20)10-12/h3-11,15,18H,2H2,1H3/t15-,18+/m1/s1. The Kier molecular flexibility index (Phi) is 4.36. The van der Waals surface area contributed by atoms with Crippen LogP contribution in [0.5, 0.6) is 5.75 Å². The summed E-state index contributed by atoms with van der Waals surface area (Å²) in [6, 6.07) is 12.7. The van der Waals surface area contributed by atoms with E-state index in [2.05, 4.69) is 0 Å². The van der Waals surface area contributed by atoms with Gasteiger partial charge in [-0.3, -0.25) is 4.79 Å². The molecule has 0 N–H and O–H groups in total. The molecule has 0 amide bonds. The van der Waals surface area contributed by atoms with Gasteiger partial charge in [-0.05, 0) is 42.8 Å². The number of halogens is 1. The number of para-hydroxylation sites is 1. The molecule has 0 saturated heterocycles. The van der Waals surface area contributed by atoms with Crippen LogP contribution in [0.15, 0.2) is 54.6 Å². The zero-order valence-corrected chi connectivity index (χ0v) is 15.9. The number of rotatable bonds is 3. The molecule has 2 heterocycles. The molecule has 0 aliphatic carbocycles. The highest BCUT2D eigenvalue weighted by atomic mass is 35.5. The van der Waals surface area contributed by atoms with Gasteiger partial charge in [-0.2, -0.15) is 8.42 Å². The van der Waals surface area contributed by atoms with Gasteiger partial charge in [0.15, 0.2) is 5.75 Å². The van der Waals surface area contributed by atoms with E-state index in [1.807, 2.05) is 0 Å². The van der Waals surface area contributed by atoms with Crippen LogP contribution in [0.2, 0.25) is 5.02 Å². The van der Waals surface area contributed by atoms with Crippen LogP contribution in [0.25, 0.3) is 5.70 Å². The van der Waals surface area contributed by atoms with Crippen LogP contribution in [0, 0.1) is 5.92 Å². The Morgan fingerprint density at radius 2 is 2.00 bits per heavy atom. The van der Waals surface area contributed by atoms with Gasteiger partial charge in [0.1, 0.15) is 5.92 Å². The topological polar surface area (TPSA) is 72.9 Å². The smallest absolute Gasteiger partial charge is 0.410 e. The third-order valence-electron chi connectivity index (χ3n) is 4.52. The van der Waals surface area contributed by atoms with Gasteiger partial charge < -0.3 is 8.92 Å². The third kappa shape index (κ3) is 2.96. The molecule has 6 nitrogen and oxygen atoms in total. The monoisotopic (exact) mass is 405 g/mol. The van der Waals surface area contributed by atoms with Crippen molar-refractivity contribution in [2.75, 3.05) is 6.61 Å². The average molecular weight is 406 g/mol. The Hall–Kier alpha value is -2.51. The predicted molar refractivity (Wildman–Crippen MR) is 100 cm³/mol. The minimum absolute atomic E-state index is 0.195. The molecule has 0 radical (unpaired) electrons. The summed E-state index contributed by atoms with van der Waals surface area (Å²) in [5.74, 6) is -1.09. The minimum atomic E-state index is -4.15. The zero-order valence-electron chi connectivity index (χ0n) is 14.3. The minimum Gasteiger partial charge on any atom is -0.465 e. The second-order valence-electron chi connectivity index (χ2n) is 6.16. The number of hydrogen-bond donors (Lipinski definition) is 0. The summed E-state index contributed by atoms with van der Waals surface area (Å²) in [5, 5.41) is 0.444. The van der Waals surface area contributed by atoms with Crippen molar-refractivity contribution in [3.05, 3.63) is 70.8 Å². The summed E-state index contributed by atoms with van der Waals surface area (Å²) >= 11 is 6.11. The van der Waals surface area contributed by atoms with Crippen molar-refractivity contribution in [1.29, 1.82) is 0 Å². The van der Waals surface area contributed by atoms with Crippen LogP contribution >= 0.6 is 11.6 Å². The van der Waals surface area contributed by atoms with Gasteiger partial charge in [0.05, 0.1) is 18.3 Å². The summed E-state index contributed by atoms with van der Waals surface area (Å²) in [5.41, 5.74) is 1.59. The van der Waals surface area contributed by atoms with E-state index >= 15 is 0 Å². The summed E-state index contributed by atoms with van der Waals surface area (Å²) in [4.78, 5) is 12.6. The molecule has 2 atom stereocenters. The number of ether oxygens (including phenoxy) is 1. The van der Waals surface area contributed by atoms with Gasteiger partial charge in [-0.1, -0.05) is 35.9 Å². The number of nitrogens with zero attached hydrogens (tertiary/aromatic N) is 1. The van der Waals surface area contributed by atoms with Crippen molar-refractivity contribution >= 4 is 33.6 Å². The first-order valence-electron chi connectivity index (χ1n) is 8.39. The number of fused-ring (bicyclic) bond motifs is 3. The van der Waals surface area contributed by atoms with Crippen molar-refractivity contribution in [1.82, 2.24) is 4.31 Å². The Labute approximate surface area is 162 Å². The summed E-state index contributed by atoms with van der Waals surface area (Å²) in [7, 11) is -4.15. The van der Waals surface area contributed by atoms with Crippen molar-refractivity contribution in [3.8, 4) is 5.75 Å². The first-order valence-corrected chi connectivity index (χ1v) is 10.1. The predicted octanol–water partition coefficient (Wildman–Crippen LogP) is 3.55. The van der Waals surface area contributed by atoms with E-state index in [0.29, 0.717) is 21.8 Å². The zero-order chi connectivity index (χ0) is 19.2. The van der Waals surface area contributed by atoms with Crippen molar-refractivity contribution in [2.45, 2.75) is 13.0 Å². The summed E-state index contributed by atoms with van der Waals surface area (Å²) in [6.45, 7) is 1.90. The maximum Gasteiger partial charge on any atom is 0.410 e. The van der Waals surface area contributed by atoms with E-state index in [4.69, 9.17) is 20.5 Å². The summed E-state index contributed by atoms with van der Waals surface area (Å²) in [6.07, 6.45) is 1.63. The fourth-order valence-electron chi connectivity index (χ4n) is 3.47. The normalized spacial score (nSPS) is 22.3. The van der Waals surface area contributed by atoms with E-state index in [9.17, 15) is 13.2 Å². The largest absolute Gasteiger partial charge is 0.465 e. The van der Waals surface area contributed by atoms with Gasteiger partial charge >= 0.3 is 16.3 Å². The lowest BCUT2D eigenvalue weighted by Gasteiger charge is -2.34. The van der Waals surface area contributed by atoms with E-state index in [-0.39, 0.29) is 12.4 Å². The highest BCUT2D eigenvalue weighted by Crippen LogP contribution is 2.50. The summed E-state index contributed by atoms with van der Waals surface area (Å²) < 4.78 is 37.4. The molecule has 140 valence electrons. The molecule has 0 unspecified atom stereocenters. The maximum absolute atomic E-state index is 12.9. The lowest BCUT2D eigenvalue weighted by molar-refractivity contribution is -0.147. The second-order valence-corrected chi connectivity index (χ2v) is 8.01. The van der Waals surface area contributed by atoms with Gasteiger partial charge in [0, 0.05) is 10.6 Å².